The van der Waals surface area contributed by atoms with Crippen LogP contribution in [-0.2, 0) is 20.9 Å². The number of hydrogen-bond acceptors (Lipinski definition) is 6. The molecule has 3 rings (SSSR count). The van der Waals surface area contributed by atoms with Crippen molar-refractivity contribution in [3.8, 4) is 0 Å². The summed E-state index contributed by atoms with van der Waals surface area (Å²) in [7, 11) is 0. The summed E-state index contributed by atoms with van der Waals surface area (Å²) in [6.45, 7) is 10.9. The van der Waals surface area contributed by atoms with Crippen molar-refractivity contribution in [3.63, 3.8) is 0 Å². The summed E-state index contributed by atoms with van der Waals surface area (Å²) in [4.78, 5) is 26.0. The van der Waals surface area contributed by atoms with Gasteiger partial charge in [-0.05, 0) is 13.3 Å². The Morgan fingerprint density at radius 1 is 1.37 bits per heavy atom. The second-order valence-corrected chi connectivity index (χ2v) is 8.30. The number of morpholine rings is 1. The van der Waals surface area contributed by atoms with E-state index in [0.717, 1.165) is 24.9 Å². The number of nitrogens with zero attached hydrogens (tertiary/aromatic N) is 4. The second kappa shape index (κ2) is 7.84. The third-order valence-electron chi connectivity index (χ3n) is 4.89. The van der Waals surface area contributed by atoms with E-state index in [1.54, 1.807) is 0 Å². The number of amides is 2. The third-order valence-corrected chi connectivity index (χ3v) is 4.89. The number of rotatable bonds is 5. The van der Waals surface area contributed by atoms with Crippen LogP contribution >= 0.6 is 0 Å². The zero-order chi connectivity index (χ0) is 19.6. The molecule has 9 nitrogen and oxygen atoms in total. The quantitative estimate of drug-likeness (QED) is 0.779. The molecular formula is C18H30N6O3. The molecule has 2 amide bonds. The molecule has 0 aromatic carbocycles. The monoisotopic (exact) mass is 378 g/mol. The van der Waals surface area contributed by atoms with Gasteiger partial charge in [-0.3, -0.25) is 14.2 Å². The lowest BCUT2D eigenvalue weighted by molar-refractivity contribution is -0.128. The highest BCUT2D eigenvalue weighted by Crippen LogP contribution is 2.26. The van der Waals surface area contributed by atoms with Crippen LogP contribution in [0.5, 0.6) is 0 Å². The van der Waals surface area contributed by atoms with Gasteiger partial charge in [0.25, 0.3) is 0 Å². The fraction of sp³-hybridized carbons (Fsp3) is 0.778. The molecule has 2 aliphatic heterocycles. The summed E-state index contributed by atoms with van der Waals surface area (Å²) in [6.07, 6.45) is 1.34. The van der Waals surface area contributed by atoms with Gasteiger partial charge >= 0.3 is 0 Å². The summed E-state index contributed by atoms with van der Waals surface area (Å²) in [6, 6.07) is -0.129. The molecule has 1 aromatic rings. The fourth-order valence-electron chi connectivity index (χ4n) is 3.37. The number of anilines is 1. The van der Waals surface area contributed by atoms with E-state index in [9.17, 15) is 9.59 Å². The van der Waals surface area contributed by atoms with E-state index in [1.807, 2.05) is 32.3 Å². The number of ether oxygens (including phenoxy) is 1. The average molecular weight is 378 g/mol. The lowest BCUT2D eigenvalue weighted by Crippen LogP contribution is -2.43. The molecule has 2 saturated heterocycles. The van der Waals surface area contributed by atoms with Crippen LogP contribution in [0.25, 0.3) is 0 Å². The second-order valence-electron chi connectivity index (χ2n) is 8.30. The van der Waals surface area contributed by atoms with Gasteiger partial charge in [0.05, 0.1) is 18.8 Å². The highest BCUT2D eigenvalue weighted by Gasteiger charge is 2.30. The van der Waals surface area contributed by atoms with Crippen LogP contribution in [0.2, 0.25) is 0 Å². The average Bonchev–Trinajstić information content (AvgIpc) is 3.20. The van der Waals surface area contributed by atoms with Gasteiger partial charge in [-0.1, -0.05) is 20.8 Å². The van der Waals surface area contributed by atoms with Gasteiger partial charge in [0.15, 0.2) is 5.82 Å². The fourth-order valence-corrected chi connectivity index (χ4v) is 3.37. The van der Waals surface area contributed by atoms with E-state index in [4.69, 9.17) is 4.74 Å². The van der Waals surface area contributed by atoms with Crippen LogP contribution in [0.15, 0.2) is 0 Å². The largest absolute Gasteiger partial charge is 0.375 e. The molecule has 9 heteroatoms. The molecule has 0 aliphatic carbocycles. The van der Waals surface area contributed by atoms with Crippen LogP contribution in [-0.4, -0.2) is 58.9 Å². The van der Waals surface area contributed by atoms with Crippen molar-refractivity contribution in [1.29, 1.82) is 0 Å². The summed E-state index contributed by atoms with van der Waals surface area (Å²) in [5, 5.41) is 14.7. The van der Waals surface area contributed by atoms with Crippen molar-refractivity contribution in [1.82, 2.24) is 25.4 Å². The van der Waals surface area contributed by atoms with E-state index < -0.39 is 5.41 Å². The standard InChI is InChI=1S/C18H30N6O3/c1-12-11-23(9-10-27-12)17-22-21-15(13-5-6-14(25)20-13)24(17)8-7-19-16(26)18(2,3)4/h12-13H,5-11H2,1-4H3,(H,19,26)(H,20,25). The SMILES string of the molecule is CC1CN(c2nnc(C3CCC(=O)N3)n2CCNC(=O)C(C)(C)C)CCO1. The van der Waals surface area contributed by atoms with Gasteiger partial charge in [0.2, 0.25) is 17.8 Å². The zero-order valence-corrected chi connectivity index (χ0v) is 16.6. The Bertz CT molecular complexity index is 696. The van der Waals surface area contributed by atoms with Crippen molar-refractivity contribution >= 4 is 17.8 Å². The van der Waals surface area contributed by atoms with Gasteiger partial charge in [0.1, 0.15) is 0 Å². The Kier molecular flexibility index (Phi) is 5.69. The van der Waals surface area contributed by atoms with E-state index in [0.29, 0.717) is 32.5 Å². The maximum absolute atomic E-state index is 12.2. The van der Waals surface area contributed by atoms with Crippen molar-refractivity contribution in [2.45, 2.75) is 59.2 Å². The number of aromatic nitrogens is 3. The molecule has 0 spiro atoms. The summed E-state index contributed by atoms with van der Waals surface area (Å²) in [5.74, 6) is 1.57. The molecular weight excluding hydrogens is 348 g/mol. The summed E-state index contributed by atoms with van der Waals surface area (Å²) >= 11 is 0. The number of nitrogens with one attached hydrogen (secondary N) is 2. The molecule has 150 valence electrons. The van der Waals surface area contributed by atoms with Crippen LogP contribution < -0.4 is 15.5 Å². The molecule has 0 saturated carbocycles. The Hall–Kier alpha value is -2.16. The lowest BCUT2D eigenvalue weighted by atomic mass is 9.96. The maximum atomic E-state index is 12.2. The molecule has 2 fully saturated rings. The Morgan fingerprint density at radius 2 is 2.15 bits per heavy atom. The minimum absolute atomic E-state index is 0.00726. The third kappa shape index (κ3) is 4.58. The number of hydrogen-bond donors (Lipinski definition) is 2. The van der Waals surface area contributed by atoms with Crippen LogP contribution in [0.3, 0.4) is 0 Å². The topological polar surface area (TPSA) is 101 Å². The minimum atomic E-state index is -0.433. The predicted molar refractivity (Wildman–Crippen MR) is 100 cm³/mol. The molecule has 0 bridgehead atoms. The van der Waals surface area contributed by atoms with Crippen LogP contribution in [0.1, 0.15) is 52.4 Å². The summed E-state index contributed by atoms with van der Waals surface area (Å²) < 4.78 is 7.65. The molecule has 0 radical (unpaired) electrons. The number of carbonyl (C=O) groups is 2. The predicted octanol–water partition coefficient (Wildman–Crippen LogP) is 0.617. The molecule has 2 aliphatic rings. The van der Waals surface area contributed by atoms with Gasteiger partial charge in [-0.2, -0.15) is 0 Å². The molecule has 1 aromatic heterocycles. The van der Waals surface area contributed by atoms with Gasteiger partial charge in [-0.25, -0.2) is 0 Å². The minimum Gasteiger partial charge on any atom is -0.375 e. The van der Waals surface area contributed by atoms with E-state index in [-0.39, 0.29) is 24.0 Å². The molecule has 2 atom stereocenters. The molecule has 2 N–H and O–H groups in total. The smallest absolute Gasteiger partial charge is 0.227 e. The van der Waals surface area contributed by atoms with E-state index in [1.165, 1.54) is 0 Å². The Morgan fingerprint density at radius 3 is 2.78 bits per heavy atom. The van der Waals surface area contributed by atoms with Crippen LogP contribution in [0, 0.1) is 5.41 Å². The van der Waals surface area contributed by atoms with Crippen molar-refractivity contribution in [3.05, 3.63) is 5.82 Å². The normalized spacial score (nSPS) is 23.4. The molecule has 27 heavy (non-hydrogen) atoms. The zero-order valence-electron chi connectivity index (χ0n) is 16.6. The first-order valence-corrected chi connectivity index (χ1v) is 9.63. The van der Waals surface area contributed by atoms with Gasteiger partial charge in [-0.15, -0.1) is 10.2 Å². The van der Waals surface area contributed by atoms with Gasteiger partial charge in [0, 0.05) is 38.0 Å². The first-order valence-electron chi connectivity index (χ1n) is 9.63. The van der Waals surface area contributed by atoms with E-state index in [2.05, 4.69) is 25.7 Å². The maximum Gasteiger partial charge on any atom is 0.227 e. The Balaban J connectivity index is 1.78. The first-order chi connectivity index (χ1) is 12.8. The lowest BCUT2D eigenvalue weighted by Gasteiger charge is -2.32. The van der Waals surface area contributed by atoms with Crippen molar-refractivity contribution < 1.29 is 14.3 Å². The summed E-state index contributed by atoms with van der Waals surface area (Å²) in [5.41, 5.74) is -0.433. The molecule has 2 unspecified atom stereocenters. The highest BCUT2D eigenvalue weighted by molar-refractivity contribution is 5.81. The Labute approximate surface area is 159 Å². The first kappa shape index (κ1) is 19.6. The highest BCUT2D eigenvalue weighted by atomic mass is 16.5. The van der Waals surface area contributed by atoms with Crippen LogP contribution in [0.4, 0.5) is 5.95 Å². The number of carbonyl (C=O) groups excluding carboxylic acids is 2. The van der Waals surface area contributed by atoms with E-state index >= 15 is 0 Å². The molecule has 3 heterocycles. The van der Waals surface area contributed by atoms with Gasteiger partial charge < -0.3 is 20.3 Å². The van der Waals surface area contributed by atoms with Crippen molar-refractivity contribution in [2.75, 3.05) is 31.1 Å². The van der Waals surface area contributed by atoms with Crippen molar-refractivity contribution in [2.24, 2.45) is 5.41 Å².